The van der Waals surface area contributed by atoms with Crippen LogP contribution in [0.25, 0.3) is 21.9 Å². The number of anilines is 1. The Bertz CT molecular complexity index is 767. The number of aromatic amines is 1. The van der Waals surface area contributed by atoms with E-state index in [2.05, 4.69) is 15.0 Å². The lowest BCUT2D eigenvalue weighted by Gasteiger charge is -2.07. The van der Waals surface area contributed by atoms with Crippen molar-refractivity contribution in [3.8, 4) is 6.01 Å². The minimum atomic E-state index is -0.161. The van der Waals surface area contributed by atoms with E-state index in [9.17, 15) is 5.11 Å². The summed E-state index contributed by atoms with van der Waals surface area (Å²) in [5.41, 5.74) is 8.96. The molecule has 1 aromatic carbocycles. The van der Waals surface area contributed by atoms with Crippen LogP contribution in [-0.4, -0.2) is 31.8 Å². The Hall–Kier alpha value is -2.34. The van der Waals surface area contributed by atoms with Crippen LogP contribution in [0.2, 0.25) is 0 Å². The second-order valence-electron chi connectivity index (χ2n) is 4.77. The predicted octanol–water partition coefficient (Wildman–Crippen LogP) is 1.71. The fraction of sp³-hybridized carbons (Fsp3) is 0.286. The lowest BCUT2D eigenvalue weighted by atomic mass is 10.0. The molecule has 0 amide bonds. The number of pyridine rings is 1. The number of hydrogen-bond donors (Lipinski definition) is 4. The number of unbranched alkanes of at least 4 members (excludes halogenated alkanes) is 1. The first kappa shape index (κ1) is 12.7. The van der Waals surface area contributed by atoms with Crippen molar-refractivity contribution in [2.45, 2.75) is 19.3 Å². The van der Waals surface area contributed by atoms with Crippen LogP contribution in [0.1, 0.15) is 18.4 Å². The summed E-state index contributed by atoms with van der Waals surface area (Å²) in [6.07, 6.45) is 2.48. The Kier molecular flexibility index (Phi) is 3.15. The van der Waals surface area contributed by atoms with Gasteiger partial charge in [-0.15, -0.1) is 0 Å². The molecule has 3 aromatic rings. The Morgan fingerprint density at radius 2 is 2.05 bits per heavy atom. The van der Waals surface area contributed by atoms with Gasteiger partial charge in [0.2, 0.25) is 0 Å². The number of benzene rings is 1. The van der Waals surface area contributed by atoms with Crippen molar-refractivity contribution < 1.29 is 10.2 Å². The summed E-state index contributed by atoms with van der Waals surface area (Å²) in [4.78, 5) is 11.2. The van der Waals surface area contributed by atoms with Crippen molar-refractivity contribution in [1.29, 1.82) is 0 Å². The van der Waals surface area contributed by atoms with E-state index < -0.39 is 0 Å². The van der Waals surface area contributed by atoms with Crippen LogP contribution in [0, 0.1) is 0 Å². The van der Waals surface area contributed by atoms with Crippen molar-refractivity contribution in [2.24, 2.45) is 0 Å². The number of aromatic hydroxyl groups is 1. The average molecular weight is 272 g/mol. The summed E-state index contributed by atoms with van der Waals surface area (Å²) in [6.45, 7) is 0.191. The zero-order chi connectivity index (χ0) is 14.1. The van der Waals surface area contributed by atoms with Crippen molar-refractivity contribution in [3.05, 3.63) is 23.8 Å². The van der Waals surface area contributed by atoms with Crippen molar-refractivity contribution in [1.82, 2.24) is 15.0 Å². The van der Waals surface area contributed by atoms with Gasteiger partial charge in [0, 0.05) is 12.0 Å². The van der Waals surface area contributed by atoms with E-state index in [0.717, 1.165) is 35.7 Å². The molecule has 104 valence electrons. The summed E-state index contributed by atoms with van der Waals surface area (Å²) >= 11 is 0. The highest BCUT2D eigenvalue weighted by atomic mass is 16.3. The van der Waals surface area contributed by atoms with Crippen molar-refractivity contribution in [3.63, 3.8) is 0 Å². The number of fused-ring (bicyclic) bond motifs is 3. The fourth-order valence-corrected chi connectivity index (χ4v) is 2.51. The number of hydrogen-bond acceptors (Lipinski definition) is 5. The van der Waals surface area contributed by atoms with Gasteiger partial charge in [0.05, 0.1) is 11.0 Å². The number of aliphatic hydroxyl groups is 1. The zero-order valence-electron chi connectivity index (χ0n) is 10.9. The summed E-state index contributed by atoms with van der Waals surface area (Å²) < 4.78 is 0. The van der Waals surface area contributed by atoms with Gasteiger partial charge in [-0.2, -0.15) is 4.98 Å². The summed E-state index contributed by atoms with van der Waals surface area (Å²) in [5, 5.41) is 19.4. The maximum atomic E-state index is 9.56. The standard InChI is InChI=1S/C14H16N4O2/c15-13-12-11(17-14(20)18-12)10-8(4-1-2-7-19)5-3-6-9(10)16-13/h3,5-6,19H,1-2,4,7H2,(H2,15,16)(H2,17,18,20). The number of nitrogens with zero attached hydrogens (tertiary/aromatic N) is 2. The minimum Gasteiger partial charge on any atom is -0.480 e. The third-order valence-electron chi connectivity index (χ3n) is 3.41. The molecule has 2 aromatic heterocycles. The lowest BCUT2D eigenvalue weighted by molar-refractivity contribution is 0.284. The molecule has 0 unspecified atom stereocenters. The molecular weight excluding hydrogens is 256 g/mol. The molecule has 0 saturated heterocycles. The number of imidazole rings is 1. The maximum absolute atomic E-state index is 9.56. The van der Waals surface area contributed by atoms with E-state index >= 15 is 0 Å². The number of rotatable bonds is 4. The number of aryl methyl sites for hydroxylation is 1. The fourth-order valence-electron chi connectivity index (χ4n) is 2.51. The van der Waals surface area contributed by atoms with Gasteiger partial charge in [-0.25, -0.2) is 4.98 Å². The van der Waals surface area contributed by atoms with Gasteiger partial charge in [-0.3, -0.25) is 0 Å². The van der Waals surface area contributed by atoms with Crippen molar-refractivity contribution in [2.75, 3.05) is 12.3 Å². The predicted molar refractivity (Wildman–Crippen MR) is 77.5 cm³/mol. The molecule has 0 aliphatic rings. The molecule has 0 saturated carbocycles. The third-order valence-corrected chi connectivity index (χ3v) is 3.41. The first-order valence-corrected chi connectivity index (χ1v) is 6.57. The quantitative estimate of drug-likeness (QED) is 0.541. The molecule has 0 bridgehead atoms. The second kappa shape index (κ2) is 4.97. The molecule has 0 aliphatic carbocycles. The third kappa shape index (κ3) is 2.04. The highest BCUT2D eigenvalue weighted by Gasteiger charge is 2.13. The van der Waals surface area contributed by atoms with E-state index in [4.69, 9.17) is 10.8 Å². The van der Waals surface area contributed by atoms with Crippen LogP contribution < -0.4 is 5.73 Å². The van der Waals surface area contributed by atoms with Gasteiger partial charge in [0.25, 0.3) is 6.01 Å². The van der Waals surface area contributed by atoms with Crippen LogP contribution in [0.5, 0.6) is 6.01 Å². The second-order valence-corrected chi connectivity index (χ2v) is 4.77. The number of nitrogens with two attached hydrogens (primary N) is 1. The van der Waals surface area contributed by atoms with Crippen LogP contribution in [-0.2, 0) is 6.42 Å². The van der Waals surface area contributed by atoms with Gasteiger partial charge in [-0.05, 0) is 30.9 Å². The first-order valence-electron chi connectivity index (χ1n) is 6.57. The number of nitrogen functional groups attached to an aromatic ring is 1. The molecule has 0 atom stereocenters. The Labute approximate surface area is 115 Å². The van der Waals surface area contributed by atoms with E-state index in [0.29, 0.717) is 16.9 Å². The van der Waals surface area contributed by atoms with E-state index in [1.165, 1.54) is 0 Å². The molecule has 6 heteroatoms. The lowest BCUT2D eigenvalue weighted by Crippen LogP contribution is -1.96. The number of nitrogens with one attached hydrogen (secondary N) is 1. The monoisotopic (exact) mass is 272 g/mol. The molecule has 6 nitrogen and oxygen atoms in total. The molecule has 0 radical (unpaired) electrons. The average Bonchev–Trinajstić information content (AvgIpc) is 2.81. The molecule has 20 heavy (non-hydrogen) atoms. The van der Waals surface area contributed by atoms with Gasteiger partial charge in [0.1, 0.15) is 5.52 Å². The highest BCUT2D eigenvalue weighted by molar-refractivity contribution is 6.07. The van der Waals surface area contributed by atoms with E-state index in [1.807, 2.05) is 18.2 Å². The van der Waals surface area contributed by atoms with E-state index in [1.54, 1.807) is 0 Å². The minimum absolute atomic E-state index is 0.161. The SMILES string of the molecule is Nc1nc2cccc(CCCCO)c2c2[nH]c(O)nc12. The molecule has 0 aliphatic heterocycles. The summed E-state index contributed by atoms with van der Waals surface area (Å²) in [5.74, 6) is 0.302. The summed E-state index contributed by atoms with van der Waals surface area (Å²) in [7, 11) is 0. The molecule has 0 spiro atoms. The Morgan fingerprint density at radius 1 is 1.20 bits per heavy atom. The smallest absolute Gasteiger partial charge is 0.292 e. The summed E-state index contributed by atoms with van der Waals surface area (Å²) in [6, 6.07) is 5.68. The van der Waals surface area contributed by atoms with Crippen LogP contribution in [0.15, 0.2) is 18.2 Å². The van der Waals surface area contributed by atoms with Crippen LogP contribution in [0.3, 0.4) is 0 Å². The first-order chi connectivity index (χ1) is 9.70. The van der Waals surface area contributed by atoms with Gasteiger partial charge in [-0.1, -0.05) is 12.1 Å². The molecule has 2 heterocycles. The molecule has 0 fully saturated rings. The molecule has 5 N–H and O–H groups in total. The van der Waals surface area contributed by atoms with Crippen molar-refractivity contribution >= 4 is 27.8 Å². The van der Waals surface area contributed by atoms with Gasteiger partial charge >= 0.3 is 0 Å². The topological polar surface area (TPSA) is 108 Å². The van der Waals surface area contributed by atoms with Crippen LogP contribution in [0.4, 0.5) is 5.82 Å². The number of H-pyrrole nitrogens is 1. The largest absolute Gasteiger partial charge is 0.480 e. The Morgan fingerprint density at radius 3 is 2.85 bits per heavy atom. The number of aromatic nitrogens is 3. The van der Waals surface area contributed by atoms with Gasteiger partial charge in [0.15, 0.2) is 5.82 Å². The zero-order valence-corrected chi connectivity index (χ0v) is 10.9. The van der Waals surface area contributed by atoms with Gasteiger partial charge < -0.3 is 20.9 Å². The van der Waals surface area contributed by atoms with Crippen LogP contribution >= 0.6 is 0 Å². The van der Waals surface area contributed by atoms with E-state index in [-0.39, 0.29) is 12.6 Å². The number of aliphatic hydroxyl groups excluding tert-OH is 1. The highest BCUT2D eigenvalue weighted by Crippen LogP contribution is 2.30. The molecule has 3 rings (SSSR count). The Balaban J connectivity index is 2.23. The normalized spacial score (nSPS) is 11.4. The molecular formula is C14H16N4O2. The maximum Gasteiger partial charge on any atom is 0.292 e.